The Morgan fingerprint density at radius 2 is 0.815 bits per heavy atom. The Labute approximate surface area is 156 Å². The van der Waals surface area contributed by atoms with Gasteiger partial charge in [-0.2, -0.15) is 0 Å². The number of fused-ring (bicyclic) bond motifs is 10. The molecule has 0 saturated heterocycles. The Bertz CT molecular complexity index is 1340. The second-order valence-corrected chi connectivity index (χ2v) is 6.82. The van der Waals surface area contributed by atoms with Gasteiger partial charge in [-0.1, -0.05) is 60.7 Å². The van der Waals surface area contributed by atoms with Crippen molar-refractivity contribution in [1.29, 1.82) is 5.41 Å². The molecule has 0 aliphatic carbocycles. The zero-order valence-corrected chi connectivity index (χ0v) is 14.7. The predicted octanol–water partition coefficient (Wildman–Crippen LogP) is 6.23. The van der Waals surface area contributed by atoms with Crippen LogP contribution >= 0.6 is 0 Å². The van der Waals surface area contributed by atoms with E-state index < -0.39 is 0 Å². The van der Waals surface area contributed by atoms with Crippen molar-refractivity contribution in [1.82, 2.24) is 4.98 Å². The summed E-state index contributed by atoms with van der Waals surface area (Å²) < 4.78 is 0. The number of aromatic amines is 1. The van der Waals surface area contributed by atoms with Gasteiger partial charge in [0.25, 0.3) is 0 Å². The second-order valence-electron chi connectivity index (χ2n) is 6.82. The average Bonchev–Trinajstić information content (AvgIpc) is 2.73. The topological polar surface area (TPSA) is 39.6 Å². The summed E-state index contributed by atoms with van der Waals surface area (Å²) in [5.41, 5.74) is 2.10. The molecule has 5 aromatic rings. The molecule has 0 atom stereocenters. The maximum absolute atomic E-state index is 8.73. The van der Waals surface area contributed by atoms with Crippen molar-refractivity contribution in [2.75, 3.05) is 0 Å². The summed E-state index contributed by atoms with van der Waals surface area (Å²) in [6, 6.07) is 33.3. The summed E-state index contributed by atoms with van der Waals surface area (Å²) in [4.78, 5) is 3.52. The van der Waals surface area contributed by atoms with Gasteiger partial charge in [-0.3, -0.25) is 5.41 Å². The lowest BCUT2D eigenvalue weighted by atomic mass is 10.1. The molecule has 27 heavy (non-hydrogen) atoms. The highest BCUT2D eigenvalue weighted by Gasteiger charge is 1.96. The smallest absolute Gasteiger partial charge is 0.0684 e. The van der Waals surface area contributed by atoms with Gasteiger partial charge >= 0.3 is 0 Å². The standard InChI is InChI=1S/C25H18N2/c26-25-21-9-1-5-17(13-21)19-7-3-11-23(15-19)27-24-12-4-8-20(16-24)18-6-2-10-22(25)14-18/h1-16,26-27H. The van der Waals surface area contributed by atoms with Crippen molar-refractivity contribution >= 4 is 43.4 Å². The maximum Gasteiger partial charge on any atom is 0.0684 e. The van der Waals surface area contributed by atoms with Crippen molar-refractivity contribution in [3.05, 3.63) is 102 Å². The van der Waals surface area contributed by atoms with Crippen molar-refractivity contribution in [2.45, 2.75) is 0 Å². The molecular weight excluding hydrogens is 328 g/mol. The van der Waals surface area contributed by atoms with Gasteiger partial charge in [0.05, 0.1) is 5.36 Å². The van der Waals surface area contributed by atoms with E-state index in [2.05, 4.69) is 77.8 Å². The van der Waals surface area contributed by atoms with Crippen molar-refractivity contribution in [3.63, 3.8) is 0 Å². The fourth-order valence-corrected chi connectivity index (χ4v) is 3.59. The Morgan fingerprint density at radius 1 is 0.444 bits per heavy atom. The number of hydrogen-bond donors (Lipinski definition) is 2. The molecule has 0 aliphatic heterocycles. The minimum Gasteiger partial charge on any atom is -0.355 e. The summed E-state index contributed by atoms with van der Waals surface area (Å²) in [7, 11) is 0. The summed E-state index contributed by atoms with van der Waals surface area (Å²) in [5, 5.41) is 15.6. The zero-order chi connectivity index (χ0) is 18.2. The van der Waals surface area contributed by atoms with Crippen LogP contribution in [-0.4, -0.2) is 4.98 Å². The third-order valence-electron chi connectivity index (χ3n) is 4.98. The van der Waals surface area contributed by atoms with E-state index in [1.807, 2.05) is 24.3 Å². The molecule has 0 unspecified atom stereocenters. The van der Waals surface area contributed by atoms with Gasteiger partial charge in [0, 0.05) is 21.8 Å². The van der Waals surface area contributed by atoms with Crippen LogP contribution in [0.1, 0.15) is 0 Å². The summed E-state index contributed by atoms with van der Waals surface area (Å²) in [6.45, 7) is 0. The third kappa shape index (κ3) is 2.91. The molecule has 4 aromatic carbocycles. The monoisotopic (exact) mass is 346 g/mol. The van der Waals surface area contributed by atoms with Gasteiger partial charge in [0.1, 0.15) is 0 Å². The van der Waals surface area contributed by atoms with E-state index >= 15 is 0 Å². The normalized spacial score (nSPS) is 11.1. The molecule has 2 nitrogen and oxygen atoms in total. The molecule has 0 amide bonds. The molecule has 0 fully saturated rings. The molecule has 8 bridgehead atoms. The van der Waals surface area contributed by atoms with Crippen molar-refractivity contribution < 1.29 is 0 Å². The van der Waals surface area contributed by atoms with Crippen molar-refractivity contribution in [3.8, 4) is 0 Å². The van der Waals surface area contributed by atoms with E-state index in [1.165, 1.54) is 0 Å². The van der Waals surface area contributed by atoms with Crippen LogP contribution in [0.5, 0.6) is 0 Å². The molecule has 0 aliphatic rings. The van der Waals surface area contributed by atoms with Crippen LogP contribution in [0.4, 0.5) is 0 Å². The fraction of sp³-hybridized carbons (Fsp3) is 0. The lowest BCUT2D eigenvalue weighted by Gasteiger charge is -2.00. The average molecular weight is 346 g/mol. The molecule has 1 heterocycles. The first-order chi connectivity index (χ1) is 13.3. The van der Waals surface area contributed by atoms with Gasteiger partial charge in [0.15, 0.2) is 0 Å². The van der Waals surface area contributed by atoms with Crippen LogP contribution in [-0.2, 0) is 0 Å². The number of aromatic nitrogens is 1. The number of H-pyrrole nitrogens is 1. The van der Waals surface area contributed by atoms with E-state index in [-0.39, 0.29) is 0 Å². The van der Waals surface area contributed by atoms with Gasteiger partial charge in [-0.25, -0.2) is 0 Å². The highest BCUT2D eigenvalue weighted by atomic mass is 14.7. The fourth-order valence-electron chi connectivity index (χ4n) is 3.59. The lowest BCUT2D eigenvalue weighted by molar-refractivity contribution is 1.34. The Hall–Kier alpha value is -3.65. The van der Waals surface area contributed by atoms with Crippen LogP contribution in [0, 0.1) is 5.41 Å². The van der Waals surface area contributed by atoms with Crippen LogP contribution in [0.3, 0.4) is 0 Å². The predicted molar refractivity (Wildman–Crippen MR) is 114 cm³/mol. The summed E-state index contributed by atoms with van der Waals surface area (Å²) >= 11 is 0. The number of nitrogens with one attached hydrogen (secondary N) is 2. The minimum atomic E-state index is 0.543. The molecular formula is C25H18N2. The van der Waals surface area contributed by atoms with E-state index in [0.717, 1.165) is 43.4 Å². The van der Waals surface area contributed by atoms with Gasteiger partial charge < -0.3 is 4.98 Å². The third-order valence-corrected chi connectivity index (χ3v) is 4.98. The lowest BCUT2D eigenvalue weighted by Crippen LogP contribution is -1.98. The number of rotatable bonds is 0. The van der Waals surface area contributed by atoms with Crippen LogP contribution in [0.15, 0.2) is 97.1 Å². The molecule has 2 N–H and O–H groups in total. The molecule has 1 aromatic heterocycles. The summed E-state index contributed by atoms with van der Waals surface area (Å²) in [6.07, 6.45) is 0. The van der Waals surface area contributed by atoms with Crippen LogP contribution in [0.25, 0.3) is 43.4 Å². The molecule has 0 spiro atoms. The zero-order valence-electron chi connectivity index (χ0n) is 14.7. The highest BCUT2D eigenvalue weighted by molar-refractivity contribution is 5.90. The van der Waals surface area contributed by atoms with E-state index in [4.69, 9.17) is 5.41 Å². The summed E-state index contributed by atoms with van der Waals surface area (Å²) in [5.74, 6) is 0. The molecule has 128 valence electrons. The molecule has 2 heteroatoms. The molecule has 5 rings (SSSR count). The Morgan fingerprint density at radius 3 is 1.30 bits per heavy atom. The van der Waals surface area contributed by atoms with E-state index in [0.29, 0.717) is 5.36 Å². The van der Waals surface area contributed by atoms with Crippen LogP contribution in [0.2, 0.25) is 0 Å². The Kier molecular flexibility index (Phi) is 3.61. The minimum absolute atomic E-state index is 0.543. The van der Waals surface area contributed by atoms with Gasteiger partial charge in [-0.15, -0.1) is 0 Å². The quantitative estimate of drug-likeness (QED) is 0.334. The molecule has 0 saturated carbocycles. The van der Waals surface area contributed by atoms with Gasteiger partial charge in [-0.05, 0) is 57.9 Å². The van der Waals surface area contributed by atoms with E-state index in [1.54, 1.807) is 0 Å². The second kappa shape index (κ2) is 6.26. The van der Waals surface area contributed by atoms with Gasteiger partial charge in [0.2, 0.25) is 0 Å². The van der Waals surface area contributed by atoms with E-state index in [9.17, 15) is 0 Å². The first-order valence-electron chi connectivity index (χ1n) is 9.04. The maximum atomic E-state index is 8.73. The van der Waals surface area contributed by atoms with Crippen LogP contribution < -0.4 is 5.36 Å². The molecule has 0 radical (unpaired) electrons. The number of hydrogen-bond acceptors (Lipinski definition) is 1. The first-order valence-corrected chi connectivity index (χ1v) is 9.04. The van der Waals surface area contributed by atoms with Crippen molar-refractivity contribution in [2.24, 2.45) is 0 Å². The largest absolute Gasteiger partial charge is 0.355 e. The number of benzene rings is 4. The first kappa shape index (κ1) is 15.6. The highest BCUT2D eigenvalue weighted by Crippen LogP contribution is 2.18. The Balaban J connectivity index is 2.08. The SMILES string of the molecule is N=c1c2cccc(c2)c2cccc(c2)[nH]c2cccc(c2)c2cccc1c2.